The predicted octanol–water partition coefficient (Wildman–Crippen LogP) is 1.77. The third-order valence-electron chi connectivity index (χ3n) is 2.17. The minimum absolute atomic E-state index is 0.309. The normalized spacial score (nSPS) is 13.9. The van der Waals surface area contributed by atoms with Crippen molar-refractivity contribution in [2.75, 3.05) is 0 Å². The van der Waals surface area contributed by atoms with E-state index in [2.05, 4.69) is 0 Å². The van der Waals surface area contributed by atoms with Crippen LogP contribution in [0.3, 0.4) is 0 Å². The van der Waals surface area contributed by atoms with Gasteiger partial charge in [-0.15, -0.1) is 0 Å². The van der Waals surface area contributed by atoms with Crippen molar-refractivity contribution < 1.29 is 13.0 Å². The van der Waals surface area contributed by atoms with Gasteiger partial charge in [-0.05, 0) is 18.4 Å². The first kappa shape index (κ1) is 11.2. The molecule has 1 aromatic carbocycles. The van der Waals surface area contributed by atoms with Gasteiger partial charge in [-0.2, -0.15) is 8.42 Å². The molecule has 0 aliphatic carbocycles. The number of hydrogen-bond acceptors (Lipinski definition) is 2. The highest BCUT2D eigenvalue weighted by molar-refractivity contribution is 7.86. The highest BCUT2D eigenvalue weighted by Gasteiger charge is 2.22. The van der Waals surface area contributed by atoms with Gasteiger partial charge in [0.1, 0.15) is 0 Å². The van der Waals surface area contributed by atoms with Crippen molar-refractivity contribution in [2.45, 2.75) is 25.0 Å². The van der Waals surface area contributed by atoms with Gasteiger partial charge in [-0.1, -0.05) is 41.8 Å². The maximum Gasteiger partial charge on any atom is 0.297 e. The van der Waals surface area contributed by atoms with Crippen LogP contribution in [0.4, 0.5) is 0 Å². The molecule has 77 valence electrons. The second kappa shape index (κ2) is 4.57. The Balaban J connectivity index is 2.77. The molecule has 0 fully saturated rings. The van der Waals surface area contributed by atoms with Gasteiger partial charge in [0.15, 0.2) is 0 Å². The van der Waals surface area contributed by atoms with Gasteiger partial charge in [0, 0.05) is 0 Å². The van der Waals surface area contributed by atoms with Crippen LogP contribution < -0.4 is 0 Å². The van der Waals surface area contributed by atoms with Crippen LogP contribution >= 0.6 is 0 Å². The molecule has 4 heteroatoms. The molecule has 0 aromatic heterocycles. The SMILES string of the molecule is CCC(Cc1ccccc1)S([O])(=O)=O. The van der Waals surface area contributed by atoms with E-state index in [0.717, 1.165) is 5.56 Å². The zero-order valence-corrected chi connectivity index (χ0v) is 8.83. The fourth-order valence-corrected chi connectivity index (χ4v) is 2.13. The zero-order chi connectivity index (χ0) is 10.6. The summed E-state index contributed by atoms with van der Waals surface area (Å²) >= 11 is 0. The van der Waals surface area contributed by atoms with E-state index in [1.165, 1.54) is 0 Å². The van der Waals surface area contributed by atoms with Crippen LogP contribution in [0.15, 0.2) is 30.3 Å². The first-order valence-corrected chi connectivity index (χ1v) is 5.99. The molecular formula is C10H13O3S. The third kappa shape index (κ3) is 3.12. The largest absolute Gasteiger partial charge is 0.297 e. The molecule has 0 N–H and O–H groups in total. The average Bonchev–Trinajstić information content (AvgIpc) is 2.14. The Labute approximate surface area is 84.5 Å². The van der Waals surface area contributed by atoms with E-state index in [4.69, 9.17) is 0 Å². The van der Waals surface area contributed by atoms with Crippen LogP contribution in [0.1, 0.15) is 18.9 Å². The maximum absolute atomic E-state index is 10.8. The maximum atomic E-state index is 10.8. The van der Waals surface area contributed by atoms with Gasteiger partial charge in [-0.25, -0.2) is 0 Å². The van der Waals surface area contributed by atoms with Gasteiger partial charge >= 0.3 is 0 Å². The Morgan fingerprint density at radius 3 is 2.21 bits per heavy atom. The molecule has 1 atom stereocenters. The molecule has 0 saturated carbocycles. The summed E-state index contributed by atoms with van der Waals surface area (Å²) in [5.41, 5.74) is 0.888. The van der Waals surface area contributed by atoms with Crippen molar-refractivity contribution in [3.05, 3.63) is 35.9 Å². The molecule has 0 bridgehead atoms. The lowest BCUT2D eigenvalue weighted by Crippen LogP contribution is -2.21. The third-order valence-corrected chi connectivity index (χ3v) is 3.49. The summed E-state index contributed by atoms with van der Waals surface area (Å²) in [6.07, 6.45) is 0.671. The molecule has 14 heavy (non-hydrogen) atoms. The van der Waals surface area contributed by atoms with Crippen molar-refractivity contribution >= 4 is 10.1 Å². The van der Waals surface area contributed by atoms with Crippen molar-refractivity contribution in [2.24, 2.45) is 0 Å². The van der Waals surface area contributed by atoms with Gasteiger partial charge in [0.05, 0.1) is 5.25 Å². The molecule has 1 rings (SSSR count). The number of benzene rings is 1. The summed E-state index contributed by atoms with van der Waals surface area (Å²) < 4.78 is 32.4. The standard InChI is InChI=1S/C10H13O3S/c1-2-10(14(11,12)13)8-9-6-4-3-5-7-9/h3-7,10H,2,8H2,1H3. The lowest BCUT2D eigenvalue weighted by molar-refractivity contribution is 0.399. The van der Waals surface area contributed by atoms with Crippen molar-refractivity contribution in [3.63, 3.8) is 0 Å². The first-order valence-electron chi connectivity index (χ1n) is 4.52. The van der Waals surface area contributed by atoms with Crippen molar-refractivity contribution in [3.8, 4) is 0 Å². The number of rotatable bonds is 4. The Kier molecular flexibility index (Phi) is 3.66. The lowest BCUT2D eigenvalue weighted by atomic mass is 10.1. The molecule has 0 heterocycles. The summed E-state index contributed by atoms with van der Waals surface area (Å²) in [6.45, 7) is 1.71. The van der Waals surface area contributed by atoms with E-state index in [1.807, 2.05) is 30.3 Å². The molecule has 1 unspecified atom stereocenters. The van der Waals surface area contributed by atoms with Crippen molar-refractivity contribution in [1.29, 1.82) is 0 Å². The monoisotopic (exact) mass is 213 g/mol. The summed E-state index contributed by atoms with van der Waals surface area (Å²) in [6, 6.07) is 9.18. The van der Waals surface area contributed by atoms with Crippen LogP contribution in [0, 0.1) is 0 Å². The van der Waals surface area contributed by atoms with E-state index in [1.54, 1.807) is 6.92 Å². The van der Waals surface area contributed by atoms with Crippen LogP contribution in [-0.4, -0.2) is 13.7 Å². The fraction of sp³-hybridized carbons (Fsp3) is 0.400. The molecule has 0 aliphatic heterocycles. The summed E-state index contributed by atoms with van der Waals surface area (Å²) in [4.78, 5) is 0. The van der Waals surface area contributed by atoms with Gasteiger partial charge in [0.2, 0.25) is 0 Å². The Hall–Kier alpha value is -0.870. The first-order chi connectivity index (χ1) is 6.54. The molecule has 1 aromatic rings. The van der Waals surface area contributed by atoms with E-state index < -0.39 is 15.4 Å². The topological polar surface area (TPSA) is 54.0 Å². The highest BCUT2D eigenvalue weighted by atomic mass is 32.2. The summed E-state index contributed by atoms with van der Waals surface area (Å²) in [5, 5.41) is -0.801. The minimum Gasteiger partial charge on any atom is -0.197 e. The van der Waals surface area contributed by atoms with Crippen LogP contribution in [0.5, 0.6) is 0 Å². The van der Waals surface area contributed by atoms with E-state index in [9.17, 15) is 13.0 Å². The predicted molar refractivity (Wildman–Crippen MR) is 53.8 cm³/mol. The molecule has 0 amide bonds. The molecule has 1 radical (unpaired) electrons. The Bertz CT molecular complexity index is 370. The average molecular weight is 213 g/mol. The lowest BCUT2D eigenvalue weighted by Gasteiger charge is -2.09. The van der Waals surface area contributed by atoms with Crippen molar-refractivity contribution in [1.82, 2.24) is 0 Å². The summed E-state index contributed by atoms with van der Waals surface area (Å²) in [7, 11) is -4.16. The smallest absolute Gasteiger partial charge is 0.197 e. The Morgan fingerprint density at radius 1 is 1.21 bits per heavy atom. The second-order valence-corrected chi connectivity index (χ2v) is 4.87. The van der Waals surface area contributed by atoms with Gasteiger partial charge in [-0.3, -0.25) is 0 Å². The number of hydrogen-bond donors (Lipinski definition) is 0. The van der Waals surface area contributed by atoms with E-state index in [0.29, 0.717) is 12.8 Å². The highest BCUT2D eigenvalue weighted by Crippen LogP contribution is 2.12. The van der Waals surface area contributed by atoms with E-state index >= 15 is 0 Å². The quantitative estimate of drug-likeness (QED) is 0.765. The van der Waals surface area contributed by atoms with E-state index in [-0.39, 0.29) is 0 Å². The van der Waals surface area contributed by atoms with Gasteiger partial charge in [0.25, 0.3) is 10.1 Å². The van der Waals surface area contributed by atoms with Crippen LogP contribution in [0.25, 0.3) is 0 Å². The van der Waals surface area contributed by atoms with Crippen LogP contribution in [0.2, 0.25) is 0 Å². The van der Waals surface area contributed by atoms with Crippen LogP contribution in [-0.2, 0) is 21.1 Å². The Morgan fingerprint density at radius 2 is 1.79 bits per heavy atom. The minimum atomic E-state index is -4.16. The van der Waals surface area contributed by atoms with Gasteiger partial charge < -0.3 is 0 Å². The summed E-state index contributed by atoms with van der Waals surface area (Å²) in [5.74, 6) is 0. The fourth-order valence-electron chi connectivity index (χ4n) is 1.33. The molecular weight excluding hydrogens is 200 g/mol. The molecule has 3 nitrogen and oxygen atoms in total. The second-order valence-electron chi connectivity index (χ2n) is 3.21. The molecule has 0 saturated heterocycles. The molecule has 0 spiro atoms. The molecule has 0 aliphatic rings. The zero-order valence-electron chi connectivity index (χ0n) is 8.01.